The minimum absolute atomic E-state index is 0.275. The van der Waals surface area contributed by atoms with Crippen LogP contribution in [0.4, 0.5) is 10.5 Å². The van der Waals surface area contributed by atoms with Crippen molar-refractivity contribution < 1.29 is 14.3 Å². The number of amides is 2. The standard InChI is InChI=1S/C24H27N3O3/c1-3-30-23(28)21-19(25-24(29)26-22(21)17-8-5-4-6-9-17)15-27-13-7-10-18-14-16(2)11-12-20(18)27/h4-6,8-9,11-12,14,22H,3,7,10,13,15H2,1-2H3,(H2,25,26,29). The van der Waals surface area contributed by atoms with E-state index in [-0.39, 0.29) is 12.6 Å². The van der Waals surface area contributed by atoms with Gasteiger partial charge in [-0.25, -0.2) is 9.59 Å². The summed E-state index contributed by atoms with van der Waals surface area (Å²) in [6.45, 7) is 5.47. The second kappa shape index (κ2) is 8.61. The molecule has 0 bridgehead atoms. The number of anilines is 1. The predicted molar refractivity (Wildman–Crippen MR) is 116 cm³/mol. The molecule has 6 heteroatoms. The average molecular weight is 405 g/mol. The van der Waals surface area contributed by atoms with Crippen LogP contribution in [0.1, 0.15) is 36.1 Å². The summed E-state index contributed by atoms with van der Waals surface area (Å²) in [5.74, 6) is -0.407. The van der Waals surface area contributed by atoms with Crippen LogP contribution in [0.25, 0.3) is 0 Å². The Balaban J connectivity index is 1.74. The summed E-state index contributed by atoms with van der Waals surface area (Å²) in [7, 11) is 0. The van der Waals surface area contributed by atoms with Crippen molar-refractivity contribution in [3.05, 3.63) is 76.5 Å². The Kier molecular flexibility index (Phi) is 5.74. The van der Waals surface area contributed by atoms with Gasteiger partial charge >= 0.3 is 12.0 Å². The number of ether oxygens (including phenoxy) is 1. The zero-order valence-electron chi connectivity index (χ0n) is 17.4. The Labute approximate surface area is 176 Å². The number of nitrogens with one attached hydrogen (secondary N) is 2. The molecular formula is C24H27N3O3. The highest BCUT2D eigenvalue weighted by Gasteiger charge is 2.34. The zero-order chi connectivity index (χ0) is 21.1. The molecular weight excluding hydrogens is 378 g/mol. The first kappa shape index (κ1) is 20.0. The lowest BCUT2D eigenvalue weighted by molar-refractivity contribution is -0.139. The molecule has 0 aromatic heterocycles. The summed E-state index contributed by atoms with van der Waals surface area (Å²) in [6.07, 6.45) is 2.07. The number of aryl methyl sites for hydroxylation is 2. The third kappa shape index (κ3) is 4.03. The molecule has 1 unspecified atom stereocenters. The molecule has 2 aliphatic heterocycles. The van der Waals surface area contributed by atoms with Crippen LogP contribution < -0.4 is 15.5 Å². The maximum absolute atomic E-state index is 12.9. The third-order valence-corrected chi connectivity index (χ3v) is 5.58. The van der Waals surface area contributed by atoms with Gasteiger partial charge in [-0.05, 0) is 43.9 Å². The summed E-state index contributed by atoms with van der Waals surface area (Å²) in [4.78, 5) is 27.7. The number of hydrogen-bond donors (Lipinski definition) is 2. The van der Waals surface area contributed by atoms with Crippen molar-refractivity contribution in [3.63, 3.8) is 0 Å². The van der Waals surface area contributed by atoms with E-state index in [0.717, 1.165) is 30.6 Å². The number of fused-ring (bicyclic) bond motifs is 1. The van der Waals surface area contributed by atoms with Gasteiger partial charge in [0.25, 0.3) is 0 Å². The molecule has 0 aliphatic carbocycles. The first-order chi connectivity index (χ1) is 14.6. The summed E-state index contributed by atoms with van der Waals surface area (Å²) < 4.78 is 5.37. The molecule has 1 atom stereocenters. The topological polar surface area (TPSA) is 70.7 Å². The molecule has 0 spiro atoms. The van der Waals surface area contributed by atoms with E-state index in [1.807, 2.05) is 30.3 Å². The number of benzene rings is 2. The largest absolute Gasteiger partial charge is 0.463 e. The van der Waals surface area contributed by atoms with Gasteiger partial charge in [-0.1, -0.05) is 48.0 Å². The maximum Gasteiger partial charge on any atom is 0.338 e. The van der Waals surface area contributed by atoms with Crippen LogP contribution in [-0.2, 0) is 16.0 Å². The van der Waals surface area contributed by atoms with Gasteiger partial charge in [-0.15, -0.1) is 0 Å². The molecule has 2 aromatic rings. The third-order valence-electron chi connectivity index (χ3n) is 5.58. The van der Waals surface area contributed by atoms with Crippen molar-refractivity contribution in [3.8, 4) is 0 Å². The molecule has 2 N–H and O–H groups in total. The van der Waals surface area contributed by atoms with Gasteiger partial charge in [-0.2, -0.15) is 0 Å². The highest BCUT2D eigenvalue weighted by Crippen LogP contribution is 2.32. The number of urea groups is 1. The summed E-state index contributed by atoms with van der Waals surface area (Å²) in [6, 6.07) is 15.1. The summed E-state index contributed by atoms with van der Waals surface area (Å²) in [5, 5.41) is 5.77. The van der Waals surface area contributed by atoms with Crippen LogP contribution in [0.15, 0.2) is 59.8 Å². The molecule has 30 heavy (non-hydrogen) atoms. The number of carbonyl (C=O) groups excluding carboxylic acids is 2. The fraction of sp³-hybridized carbons (Fsp3) is 0.333. The first-order valence-corrected chi connectivity index (χ1v) is 10.4. The smallest absolute Gasteiger partial charge is 0.338 e. The summed E-state index contributed by atoms with van der Waals surface area (Å²) >= 11 is 0. The summed E-state index contributed by atoms with van der Waals surface area (Å²) in [5.41, 5.74) is 5.61. The van der Waals surface area contributed by atoms with Gasteiger partial charge in [0.05, 0.1) is 30.5 Å². The van der Waals surface area contributed by atoms with Crippen molar-refractivity contribution in [2.24, 2.45) is 0 Å². The quantitative estimate of drug-likeness (QED) is 0.746. The molecule has 2 aliphatic rings. The van der Waals surface area contributed by atoms with Gasteiger partial charge < -0.3 is 20.3 Å². The van der Waals surface area contributed by atoms with Crippen LogP contribution in [0.2, 0.25) is 0 Å². The molecule has 6 nitrogen and oxygen atoms in total. The van der Waals surface area contributed by atoms with Crippen LogP contribution in [-0.4, -0.2) is 31.7 Å². The van der Waals surface area contributed by atoms with E-state index in [4.69, 9.17) is 4.74 Å². The SMILES string of the molecule is CCOC(=O)C1=C(CN2CCCc3cc(C)ccc32)NC(=O)NC1c1ccccc1. The number of nitrogens with zero attached hydrogens (tertiary/aromatic N) is 1. The van der Waals surface area contributed by atoms with Crippen molar-refractivity contribution in [1.29, 1.82) is 0 Å². The van der Waals surface area contributed by atoms with Gasteiger partial charge in [0.1, 0.15) is 0 Å². The highest BCUT2D eigenvalue weighted by atomic mass is 16.5. The Morgan fingerprint density at radius 3 is 2.77 bits per heavy atom. The second-order valence-electron chi connectivity index (χ2n) is 7.71. The monoisotopic (exact) mass is 405 g/mol. The Bertz CT molecular complexity index is 984. The molecule has 0 radical (unpaired) electrons. The molecule has 0 fully saturated rings. The van der Waals surface area contributed by atoms with E-state index in [9.17, 15) is 9.59 Å². The molecule has 2 aromatic carbocycles. The predicted octanol–water partition coefficient (Wildman–Crippen LogP) is 3.62. The van der Waals surface area contributed by atoms with Crippen molar-refractivity contribution in [2.75, 3.05) is 24.6 Å². The van der Waals surface area contributed by atoms with Crippen molar-refractivity contribution in [1.82, 2.24) is 10.6 Å². The Morgan fingerprint density at radius 2 is 2.00 bits per heavy atom. The molecule has 2 amide bonds. The fourth-order valence-electron chi connectivity index (χ4n) is 4.25. The maximum atomic E-state index is 12.9. The van der Waals surface area contributed by atoms with E-state index in [2.05, 4.69) is 40.7 Å². The van der Waals surface area contributed by atoms with Gasteiger partial charge in [-0.3, -0.25) is 0 Å². The fourth-order valence-corrected chi connectivity index (χ4v) is 4.25. The minimum Gasteiger partial charge on any atom is -0.463 e. The molecule has 0 saturated carbocycles. The lowest BCUT2D eigenvalue weighted by Gasteiger charge is -2.35. The number of hydrogen-bond acceptors (Lipinski definition) is 4. The Hall–Kier alpha value is -3.28. The van der Waals surface area contributed by atoms with E-state index in [0.29, 0.717) is 17.8 Å². The first-order valence-electron chi connectivity index (χ1n) is 10.4. The van der Waals surface area contributed by atoms with Gasteiger partial charge in [0.2, 0.25) is 0 Å². The Morgan fingerprint density at radius 1 is 1.20 bits per heavy atom. The lowest BCUT2D eigenvalue weighted by Crippen LogP contribution is -2.49. The number of esters is 1. The zero-order valence-corrected chi connectivity index (χ0v) is 17.4. The average Bonchev–Trinajstić information content (AvgIpc) is 2.74. The second-order valence-corrected chi connectivity index (χ2v) is 7.71. The normalized spacial score (nSPS) is 18.4. The number of carbonyl (C=O) groups is 2. The number of rotatable bonds is 5. The van der Waals surface area contributed by atoms with Gasteiger partial charge in [0.15, 0.2) is 0 Å². The molecule has 156 valence electrons. The lowest BCUT2D eigenvalue weighted by atomic mass is 9.94. The highest BCUT2D eigenvalue weighted by molar-refractivity contribution is 5.95. The van der Waals surface area contributed by atoms with Crippen LogP contribution in [0.5, 0.6) is 0 Å². The van der Waals surface area contributed by atoms with Crippen LogP contribution in [0.3, 0.4) is 0 Å². The van der Waals surface area contributed by atoms with E-state index in [1.165, 1.54) is 11.1 Å². The van der Waals surface area contributed by atoms with Gasteiger partial charge in [0, 0.05) is 12.2 Å². The van der Waals surface area contributed by atoms with Crippen molar-refractivity contribution in [2.45, 2.75) is 32.7 Å². The minimum atomic E-state index is -0.545. The van der Waals surface area contributed by atoms with E-state index >= 15 is 0 Å². The van der Waals surface area contributed by atoms with E-state index < -0.39 is 12.0 Å². The molecule has 0 saturated heterocycles. The van der Waals surface area contributed by atoms with E-state index in [1.54, 1.807) is 6.92 Å². The molecule has 4 rings (SSSR count). The molecule has 2 heterocycles. The van der Waals surface area contributed by atoms with Crippen molar-refractivity contribution >= 4 is 17.7 Å². The van der Waals surface area contributed by atoms with Crippen LogP contribution >= 0.6 is 0 Å². The van der Waals surface area contributed by atoms with Crippen LogP contribution in [0, 0.1) is 6.92 Å².